The van der Waals surface area contributed by atoms with Crippen molar-refractivity contribution in [3.8, 4) is 17.2 Å². The molecule has 5 nitrogen and oxygen atoms in total. The monoisotopic (exact) mass is 352 g/mol. The second-order valence-electron chi connectivity index (χ2n) is 6.03. The molecule has 0 N–H and O–H groups in total. The van der Waals surface area contributed by atoms with E-state index in [1.165, 1.54) is 13.8 Å². The molecule has 0 amide bonds. The third kappa shape index (κ3) is 3.94. The standard InChI is InChI=1S/C21H20O5/c1-4-20-19(15-5-8-17(9-6-15)24-13(2)22)11-16-7-10-18(25-14(3)23)12-21(16)26-20/h5-12,20H,4H2,1-3H3. The van der Waals surface area contributed by atoms with E-state index < -0.39 is 0 Å². The van der Waals surface area contributed by atoms with E-state index in [0.29, 0.717) is 17.2 Å². The lowest BCUT2D eigenvalue weighted by Crippen LogP contribution is -2.21. The minimum atomic E-state index is -0.364. The predicted molar refractivity (Wildman–Crippen MR) is 98.1 cm³/mol. The van der Waals surface area contributed by atoms with Crippen LogP contribution in [0.15, 0.2) is 42.5 Å². The normalized spacial score (nSPS) is 15.3. The molecule has 1 aliphatic heterocycles. The van der Waals surface area contributed by atoms with E-state index in [1.54, 1.807) is 24.3 Å². The molecule has 0 saturated heterocycles. The van der Waals surface area contributed by atoms with Gasteiger partial charge in [0, 0.05) is 31.1 Å². The lowest BCUT2D eigenvalue weighted by molar-refractivity contribution is -0.132. The Hall–Kier alpha value is -3.08. The minimum absolute atomic E-state index is 0.116. The van der Waals surface area contributed by atoms with Crippen LogP contribution in [0.2, 0.25) is 0 Å². The highest BCUT2D eigenvalue weighted by Gasteiger charge is 2.23. The molecule has 26 heavy (non-hydrogen) atoms. The summed E-state index contributed by atoms with van der Waals surface area (Å²) < 4.78 is 16.3. The van der Waals surface area contributed by atoms with Crippen LogP contribution < -0.4 is 14.2 Å². The van der Waals surface area contributed by atoms with Crippen molar-refractivity contribution in [1.82, 2.24) is 0 Å². The van der Waals surface area contributed by atoms with Gasteiger partial charge in [-0.1, -0.05) is 19.1 Å². The molecule has 134 valence electrons. The summed E-state index contributed by atoms with van der Waals surface area (Å²) in [6, 6.07) is 12.7. The molecule has 1 aliphatic rings. The summed E-state index contributed by atoms with van der Waals surface area (Å²) in [5, 5.41) is 0. The van der Waals surface area contributed by atoms with Crippen LogP contribution in [0.25, 0.3) is 11.6 Å². The molecular weight excluding hydrogens is 332 g/mol. The summed E-state index contributed by atoms with van der Waals surface area (Å²) in [5.74, 6) is 0.960. The Morgan fingerprint density at radius 1 is 0.962 bits per heavy atom. The van der Waals surface area contributed by atoms with E-state index in [9.17, 15) is 9.59 Å². The average molecular weight is 352 g/mol. The number of hydrogen-bond acceptors (Lipinski definition) is 5. The van der Waals surface area contributed by atoms with Crippen LogP contribution in [-0.4, -0.2) is 18.0 Å². The fourth-order valence-electron chi connectivity index (χ4n) is 2.90. The average Bonchev–Trinajstić information content (AvgIpc) is 2.60. The van der Waals surface area contributed by atoms with Crippen LogP contribution >= 0.6 is 0 Å². The van der Waals surface area contributed by atoms with Gasteiger partial charge in [-0.15, -0.1) is 0 Å². The molecule has 1 unspecified atom stereocenters. The number of carbonyl (C=O) groups is 2. The highest BCUT2D eigenvalue weighted by Crippen LogP contribution is 2.38. The Morgan fingerprint density at radius 3 is 2.19 bits per heavy atom. The van der Waals surface area contributed by atoms with Crippen LogP contribution in [0, 0.1) is 0 Å². The van der Waals surface area contributed by atoms with Crippen LogP contribution in [0.1, 0.15) is 38.3 Å². The number of carbonyl (C=O) groups excluding carboxylic acids is 2. The van der Waals surface area contributed by atoms with Gasteiger partial charge in [-0.2, -0.15) is 0 Å². The molecule has 0 aliphatic carbocycles. The van der Waals surface area contributed by atoms with Gasteiger partial charge in [0.15, 0.2) is 0 Å². The fraction of sp³-hybridized carbons (Fsp3) is 0.238. The molecule has 0 radical (unpaired) electrons. The second-order valence-corrected chi connectivity index (χ2v) is 6.03. The highest BCUT2D eigenvalue weighted by atomic mass is 16.5. The summed E-state index contributed by atoms with van der Waals surface area (Å²) in [6.07, 6.45) is 2.75. The quantitative estimate of drug-likeness (QED) is 0.608. The first-order valence-corrected chi connectivity index (χ1v) is 8.46. The molecule has 0 bridgehead atoms. The van der Waals surface area contributed by atoms with E-state index in [-0.39, 0.29) is 18.0 Å². The van der Waals surface area contributed by atoms with Gasteiger partial charge in [0.25, 0.3) is 0 Å². The van der Waals surface area contributed by atoms with Gasteiger partial charge in [0.05, 0.1) is 0 Å². The van der Waals surface area contributed by atoms with E-state index in [4.69, 9.17) is 14.2 Å². The zero-order valence-electron chi connectivity index (χ0n) is 14.9. The van der Waals surface area contributed by atoms with Crippen LogP contribution in [0.3, 0.4) is 0 Å². The van der Waals surface area contributed by atoms with E-state index in [1.807, 2.05) is 25.1 Å². The molecule has 2 aromatic rings. The lowest BCUT2D eigenvalue weighted by atomic mass is 9.93. The SMILES string of the molecule is CCC1Oc2cc(OC(C)=O)ccc2C=C1c1ccc(OC(C)=O)cc1. The molecule has 2 aromatic carbocycles. The summed E-state index contributed by atoms with van der Waals surface area (Å²) in [5.41, 5.74) is 2.97. The van der Waals surface area contributed by atoms with Crippen molar-refractivity contribution in [1.29, 1.82) is 0 Å². The van der Waals surface area contributed by atoms with Gasteiger partial charge in [0.2, 0.25) is 0 Å². The Bertz CT molecular complexity index is 864. The number of hydrogen-bond donors (Lipinski definition) is 0. The van der Waals surface area contributed by atoms with Crippen molar-refractivity contribution in [2.75, 3.05) is 0 Å². The Labute approximate surface area is 152 Å². The Morgan fingerprint density at radius 2 is 1.58 bits per heavy atom. The first kappa shape index (κ1) is 17.7. The number of ether oxygens (including phenoxy) is 3. The fourth-order valence-corrected chi connectivity index (χ4v) is 2.90. The molecule has 1 atom stereocenters. The van der Waals surface area contributed by atoms with Crippen LogP contribution in [-0.2, 0) is 9.59 Å². The Balaban J connectivity index is 1.92. The topological polar surface area (TPSA) is 61.8 Å². The van der Waals surface area contributed by atoms with Gasteiger partial charge >= 0.3 is 11.9 Å². The van der Waals surface area contributed by atoms with E-state index in [0.717, 1.165) is 23.1 Å². The largest absolute Gasteiger partial charge is 0.485 e. The van der Waals surface area contributed by atoms with E-state index >= 15 is 0 Å². The maximum atomic E-state index is 11.1. The van der Waals surface area contributed by atoms with Crippen LogP contribution in [0.4, 0.5) is 0 Å². The van der Waals surface area contributed by atoms with Gasteiger partial charge in [-0.25, -0.2) is 0 Å². The minimum Gasteiger partial charge on any atom is -0.485 e. The zero-order valence-corrected chi connectivity index (χ0v) is 14.9. The van der Waals surface area contributed by atoms with Crippen molar-refractivity contribution in [3.05, 3.63) is 53.6 Å². The zero-order chi connectivity index (χ0) is 18.7. The third-order valence-electron chi connectivity index (χ3n) is 3.99. The number of esters is 2. The van der Waals surface area contributed by atoms with Gasteiger partial charge in [-0.05, 0) is 42.3 Å². The number of rotatable bonds is 4. The summed E-state index contributed by atoms with van der Waals surface area (Å²) in [7, 11) is 0. The van der Waals surface area contributed by atoms with Crippen molar-refractivity contribution in [2.45, 2.75) is 33.3 Å². The predicted octanol–water partition coefficient (Wildman–Crippen LogP) is 4.25. The van der Waals surface area contributed by atoms with Crippen molar-refractivity contribution in [3.63, 3.8) is 0 Å². The summed E-state index contributed by atoms with van der Waals surface area (Å²) >= 11 is 0. The van der Waals surface area contributed by atoms with Crippen molar-refractivity contribution >= 4 is 23.6 Å². The maximum absolute atomic E-state index is 11.1. The highest BCUT2D eigenvalue weighted by molar-refractivity contribution is 5.87. The molecule has 0 fully saturated rings. The Kier molecular flexibility index (Phi) is 5.07. The molecule has 5 heteroatoms. The molecule has 0 saturated carbocycles. The van der Waals surface area contributed by atoms with E-state index in [2.05, 4.69) is 6.08 Å². The van der Waals surface area contributed by atoms with Crippen molar-refractivity contribution in [2.24, 2.45) is 0 Å². The first-order chi connectivity index (χ1) is 12.5. The summed E-state index contributed by atoms with van der Waals surface area (Å²) in [6.45, 7) is 4.79. The molecule has 0 spiro atoms. The number of benzene rings is 2. The summed E-state index contributed by atoms with van der Waals surface area (Å²) in [4.78, 5) is 22.2. The maximum Gasteiger partial charge on any atom is 0.308 e. The molecule has 0 aromatic heterocycles. The van der Waals surface area contributed by atoms with Crippen LogP contribution in [0.5, 0.6) is 17.2 Å². The van der Waals surface area contributed by atoms with Gasteiger partial charge in [0.1, 0.15) is 23.4 Å². The second kappa shape index (κ2) is 7.44. The molecule has 1 heterocycles. The van der Waals surface area contributed by atoms with Gasteiger partial charge < -0.3 is 14.2 Å². The molecular formula is C21H20O5. The number of fused-ring (bicyclic) bond motifs is 1. The smallest absolute Gasteiger partial charge is 0.308 e. The third-order valence-corrected chi connectivity index (χ3v) is 3.99. The lowest BCUT2D eigenvalue weighted by Gasteiger charge is -2.27. The van der Waals surface area contributed by atoms with Gasteiger partial charge in [-0.3, -0.25) is 9.59 Å². The first-order valence-electron chi connectivity index (χ1n) is 8.46. The van der Waals surface area contributed by atoms with Crippen molar-refractivity contribution < 1.29 is 23.8 Å². The molecule has 3 rings (SSSR count).